The summed E-state index contributed by atoms with van der Waals surface area (Å²) >= 11 is 0. The maximum atomic E-state index is 11.1. The number of hydrogen-bond acceptors (Lipinski definition) is 3. The molecule has 1 aromatic carbocycles. The summed E-state index contributed by atoms with van der Waals surface area (Å²) in [6, 6.07) is 6.82. The molecule has 1 heterocycles. The lowest BCUT2D eigenvalue weighted by molar-refractivity contribution is 0.0697. The van der Waals surface area contributed by atoms with Crippen LogP contribution in [0.15, 0.2) is 24.3 Å². The molecule has 1 N–H and O–H groups in total. The van der Waals surface area contributed by atoms with Crippen molar-refractivity contribution in [1.82, 2.24) is 14.8 Å². The average molecular weight is 231 g/mol. The number of carbonyl (C=O) groups is 1. The quantitative estimate of drug-likeness (QED) is 0.876. The van der Waals surface area contributed by atoms with Gasteiger partial charge in [-0.3, -0.25) is 0 Å². The van der Waals surface area contributed by atoms with Crippen LogP contribution in [-0.2, 0) is 6.54 Å². The summed E-state index contributed by atoms with van der Waals surface area (Å²) in [5.74, 6) is 0.426. The van der Waals surface area contributed by atoms with E-state index in [0.717, 1.165) is 5.82 Å². The van der Waals surface area contributed by atoms with Crippen LogP contribution in [0.1, 0.15) is 23.1 Å². The molecule has 88 valence electrons. The lowest BCUT2D eigenvalue weighted by Gasteiger charge is -2.07. The maximum Gasteiger partial charge on any atom is 0.336 e. The Hall–Kier alpha value is -2.17. The molecular formula is C12H13N3O2. The highest BCUT2D eigenvalue weighted by molar-refractivity contribution is 5.94. The standard InChI is InChI=1S/C12H13N3O2/c1-3-15-8(2)13-14-11(15)9-6-4-5-7-10(9)12(16)17/h4-7H,3H2,1-2H3,(H,16,17). The minimum atomic E-state index is -0.955. The predicted molar refractivity (Wildman–Crippen MR) is 62.8 cm³/mol. The maximum absolute atomic E-state index is 11.1. The van der Waals surface area contributed by atoms with Crippen molar-refractivity contribution in [3.05, 3.63) is 35.7 Å². The molecule has 5 nitrogen and oxygen atoms in total. The van der Waals surface area contributed by atoms with Crippen LogP contribution >= 0.6 is 0 Å². The number of carboxylic acid groups (broad SMARTS) is 1. The Kier molecular flexibility index (Phi) is 2.91. The molecular weight excluding hydrogens is 218 g/mol. The number of aryl methyl sites for hydroxylation is 1. The fourth-order valence-electron chi connectivity index (χ4n) is 1.82. The molecule has 0 bridgehead atoms. The number of hydrogen-bond donors (Lipinski definition) is 1. The van der Waals surface area contributed by atoms with Crippen LogP contribution in [0.25, 0.3) is 11.4 Å². The molecule has 0 saturated carbocycles. The third-order valence-electron chi connectivity index (χ3n) is 2.65. The third kappa shape index (κ3) is 1.91. The molecule has 1 aromatic heterocycles. The third-order valence-corrected chi connectivity index (χ3v) is 2.65. The van der Waals surface area contributed by atoms with E-state index in [4.69, 9.17) is 5.11 Å². The minimum Gasteiger partial charge on any atom is -0.478 e. The molecule has 0 amide bonds. The van der Waals surface area contributed by atoms with Crippen LogP contribution < -0.4 is 0 Å². The van der Waals surface area contributed by atoms with E-state index >= 15 is 0 Å². The Morgan fingerprint density at radius 3 is 2.71 bits per heavy atom. The van der Waals surface area contributed by atoms with Crippen LogP contribution in [-0.4, -0.2) is 25.8 Å². The van der Waals surface area contributed by atoms with Gasteiger partial charge in [0, 0.05) is 12.1 Å². The SMILES string of the molecule is CCn1c(C)nnc1-c1ccccc1C(=O)O. The summed E-state index contributed by atoms with van der Waals surface area (Å²) in [5, 5.41) is 17.2. The van der Waals surface area contributed by atoms with E-state index in [1.807, 2.05) is 18.4 Å². The van der Waals surface area contributed by atoms with Crippen molar-refractivity contribution in [2.75, 3.05) is 0 Å². The molecule has 5 heteroatoms. The lowest BCUT2D eigenvalue weighted by Crippen LogP contribution is -2.05. The number of carboxylic acids is 1. The Morgan fingerprint density at radius 1 is 1.35 bits per heavy atom. The van der Waals surface area contributed by atoms with E-state index in [-0.39, 0.29) is 5.56 Å². The van der Waals surface area contributed by atoms with Crippen molar-refractivity contribution >= 4 is 5.97 Å². The summed E-state index contributed by atoms with van der Waals surface area (Å²) in [7, 11) is 0. The highest BCUT2D eigenvalue weighted by Gasteiger charge is 2.16. The Morgan fingerprint density at radius 2 is 2.06 bits per heavy atom. The molecule has 0 aliphatic heterocycles. The summed E-state index contributed by atoms with van der Waals surface area (Å²) in [5.41, 5.74) is 0.844. The van der Waals surface area contributed by atoms with E-state index in [2.05, 4.69) is 10.2 Å². The number of rotatable bonds is 3. The van der Waals surface area contributed by atoms with Gasteiger partial charge in [-0.05, 0) is 19.9 Å². The zero-order valence-corrected chi connectivity index (χ0v) is 9.71. The molecule has 0 spiro atoms. The molecule has 0 atom stereocenters. The largest absolute Gasteiger partial charge is 0.478 e. The van der Waals surface area contributed by atoms with Gasteiger partial charge in [0.2, 0.25) is 0 Å². The first-order chi connectivity index (χ1) is 8.15. The van der Waals surface area contributed by atoms with Crippen LogP contribution in [0.4, 0.5) is 0 Å². The number of aromatic carboxylic acids is 1. The van der Waals surface area contributed by atoms with Gasteiger partial charge in [-0.1, -0.05) is 18.2 Å². The summed E-state index contributed by atoms with van der Waals surface area (Å²) < 4.78 is 1.89. The molecule has 2 aromatic rings. The highest BCUT2D eigenvalue weighted by Crippen LogP contribution is 2.22. The van der Waals surface area contributed by atoms with E-state index in [0.29, 0.717) is 17.9 Å². The van der Waals surface area contributed by atoms with Crippen molar-refractivity contribution < 1.29 is 9.90 Å². The molecule has 17 heavy (non-hydrogen) atoms. The summed E-state index contributed by atoms with van der Waals surface area (Å²) in [4.78, 5) is 11.1. The highest BCUT2D eigenvalue weighted by atomic mass is 16.4. The molecule has 0 unspecified atom stereocenters. The van der Waals surface area contributed by atoms with Crippen molar-refractivity contribution in [2.45, 2.75) is 20.4 Å². The normalized spacial score (nSPS) is 10.5. The van der Waals surface area contributed by atoms with E-state index in [1.165, 1.54) is 0 Å². The second-order valence-electron chi connectivity index (χ2n) is 3.67. The fourth-order valence-corrected chi connectivity index (χ4v) is 1.82. The van der Waals surface area contributed by atoms with E-state index in [1.54, 1.807) is 24.3 Å². The first-order valence-corrected chi connectivity index (χ1v) is 5.37. The van der Waals surface area contributed by atoms with Gasteiger partial charge in [-0.25, -0.2) is 4.79 Å². The molecule has 0 aliphatic carbocycles. The second-order valence-corrected chi connectivity index (χ2v) is 3.67. The number of aromatic nitrogens is 3. The fraction of sp³-hybridized carbons (Fsp3) is 0.250. The van der Waals surface area contributed by atoms with Gasteiger partial charge in [-0.15, -0.1) is 10.2 Å². The van der Waals surface area contributed by atoms with E-state index < -0.39 is 5.97 Å². The van der Waals surface area contributed by atoms with Gasteiger partial charge in [-0.2, -0.15) is 0 Å². The van der Waals surface area contributed by atoms with Crippen molar-refractivity contribution in [3.63, 3.8) is 0 Å². The lowest BCUT2D eigenvalue weighted by atomic mass is 10.1. The smallest absolute Gasteiger partial charge is 0.336 e. The predicted octanol–water partition coefficient (Wildman–Crippen LogP) is 1.97. The zero-order valence-electron chi connectivity index (χ0n) is 9.71. The first kappa shape index (κ1) is 11.3. The van der Waals surface area contributed by atoms with Crippen molar-refractivity contribution in [3.8, 4) is 11.4 Å². The van der Waals surface area contributed by atoms with Gasteiger partial charge in [0.15, 0.2) is 5.82 Å². The topological polar surface area (TPSA) is 68.0 Å². The monoisotopic (exact) mass is 231 g/mol. The number of benzene rings is 1. The molecule has 0 saturated heterocycles. The summed E-state index contributed by atoms with van der Waals surface area (Å²) in [6.07, 6.45) is 0. The van der Waals surface area contributed by atoms with Crippen molar-refractivity contribution in [2.24, 2.45) is 0 Å². The second kappa shape index (κ2) is 4.37. The molecule has 2 rings (SSSR count). The first-order valence-electron chi connectivity index (χ1n) is 5.37. The summed E-state index contributed by atoms with van der Waals surface area (Å²) in [6.45, 7) is 4.54. The average Bonchev–Trinajstić information content (AvgIpc) is 2.70. The van der Waals surface area contributed by atoms with Gasteiger partial charge >= 0.3 is 5.97 Å². The minimum absolute atomic E-state index is 0.245. The van der Waals surface area contributed by atoms with Gasteiger partial charge in [0.1, 0.15) is 5.82 Å². The molecule has 0 radical (unpaired) electrons. The van der Waals surface area contributed by atoms with Gasteiger partial charge in [0.25, 0.3) is 0 Å². The van der Waals surface area contributed by atoms with Crippen LogP contribution in [0.3, 0.4) is 0 Å². The van der Waals surface area contributed by atoms with E-state index in [9.17, 15) is 4.79 Å². The van der Waals surface area contributed by atoms with Crippen LogP contribution in [0.5, 0.6) is 0 Å². The Bertz CT molecular complexity index is 561. The van der Waals surface area contributed by atoms with Crippen LogP contribution in [0, 0.1) is 6.92 Å². The van der Waals surface area contributed by atoms with Crippen molar-refractivity contribution in [1.29, 1.82) is 0 Å². The molecule has 0 fully saturated rings. The Balaban J connectivity index is 2.64. The van der Waals surface area contributed by atoms with Crippen LogP contribution in [0.2, 0.25) is 0 Å². The molecule has 0 aliphatic rings. The zero-order chi connectivity index (χ0) is 12.4. The van der Waals surface area contributed by atoms with Gasteiger partial charge in [0.05, 0.1) is 5.56 Å². The number of nitrogens with zero attached hydrogens (tertiary/aromatic N) is 3. The van der Waals surface area contributed by atoms with Gasteiger partial charge < -0.3 is 9.67 Å². The Labute approximate surface area is 98.7 Å².